The minimum atomic E-state index is -0.369. The molecule has 1 aromatic rings. The van der Waals surface area contributed by atoms with Crippen LogP contribution >= 0.6 is 0 Å². The minimum Gasteiger partial charge on any atom is -0.462 e. The summed E-state index contributed by atoms with van der Waals surface area (Å²) in [6.07, 6.45) is 1.63. The maximum absolute atomic E-state index is 11.7. The van der Waals surface area contributed by atoms with Crippen molar-refractivity contribution < 1.29 is 9.53 Å². The summed E-state index contributed by atoms with van der Waals surface area (Å²) in [6.45, 7) is 6.80. The Kier molecular flexibility index (Phi) is 5.58. The second kappa shape index (κ2) is 6.96. The van der Waals surface area contributed by atoms with Gasteiger partial charge in [0.15, 0.2) is 0 Å². The molecule has 0 aliphatic heterocycles. The molecule has 0 saturated heterocycles. The van der Waals surface area contributed by atoms with Crippen LogP contribution in [0.2, 0.25) is 0 Å². The molecule has 1 aromatic heterocycles. The monoisotopic (exact) mass is 251 g/mol. The van der Waals surface area contributed by atoms with Crippen LogP contribution in [0.5, 0.6) is 0 Å². The summed E-state index contributed by atoms with van der Waals surface area (Å²) < 4.78 is 4.97. The number of hydrogen-bond acceptors (Lipinski definition) is 5. The number of nitrogens with one attached hydrogen (secondary N) is 1. The molecule has 0 aliphatic carbocycles. The maximum Gasteiger partial charge on any atom is 0.341 e. The average Bonchev–Trinajstić information content (AvgIpc) is 2.36. The molecular formula is C13H21N3O2. The summed E-state index contributed by atoms with van der Waals surface area (Å²) in [5.41, 5.74) is 6.38. The quantitative estimate of drug-likeness (QED) is 0.752. The molecule has 0 fully saturated rings. The predicted molar refractivity (Wildman–Crippen MR) is 71.5 cm³/mol. The molecular weight excluding hydrogens is 230 g/mol. The Morgan fingerprint density at radius 3 is 2.89 bits per heavy atom. The molecule has 0 aliphatic rings. The van der Waals surface area contributed by atoms with Gasteiger partial charge in [0.05, 0.1) is 6.61 Å². The van der Waals surface area contributed by atoms with Gasteiger partial charge in [0.1, 0.15) is 11.4 Å². The lowest BCUT2D eigenvalue weighted by molar-refractivity contribution is 0.0527. The largest absolute Gasteiger partial charge is 0.462 e. The summed E-state index contributed by atoms with van der Waals surface area (Å²) in [7, 11) is 0. The van der Waals surface area contributed by atoms with Crippen molar-refractivity contribution in [3.05, 3.63) is 23.9 Å². The van der Waals surface area contributed by atoms with Crippen molar-refractivity contribution in [2.45, 2.75) is 26.8 Å². The van der Waals surface area contributed by atoms with Crippen molar-refractivity contribution in [1.82, 2.24) is 4.98 Å². The van der Waals surface area contributed by atoms with Crippen LogP contribution in [0.15, 0.2) is 18.3 Å². The summed E-state index contributed by atoms with van der Waals surface area (Å²) in [5.74, 6) is 0.519. The third-order valence-corrected chi connectivity index (χ3v) is 2.66. The molecule has 18 heavy (non-hydrogen) atoms. The number of rotatable bonds is 6. The van der Waals surface area contributed by atoms with Gasteiger partial charge in [-0.3, -0.25) is 0 Å². The lowest BCUT2D eigenvalue weighted by Crippen LogP contribution is -2.34. The fraction of sp³-hybridized carbons (Fsp3) is 0.538. The molecule has 0 saturated carbocycles. The van der Waals surface area contributed by atoms with Crippen LogP contribution in [-0.4, -0.2) is 30.1 Å². The number of aromatic nitrogens is 1. The van der Waals surface area contributed by atoms with Gasteiger partial charge in [0.25, 0.3) is 0 Å². The Hall–Kier alpha value is -1.62. The second-order valence-electron chi connectivity index (χ2n) is 4.41. The molecule has 1 heterocycles. The van der Waals surface area contributed by atoms with Gasteiger partial charge >= 0.3 is 5.97 Å². The molecule has 5 nitrogen and oxygen atoms in total. The summed E-state index contributed by atoms with van der Waals surface area (Å²) in [5, 5.41) is 3.10. The van der Waals surface area contributed by atoms with Gasteiger partial charge < -0.3 is 15.8 Å². The van der Waals surface area contributed by atoms with Gasteiger partial charge in [-0.15, -0.1) is 0 Å². The highest BCUT2D eigenvalue weighted by molar-refractivity contribution is 5.94. The Morgan fingerprint density at radius 1 is 1.56 bits per heavy atom. The number of nitrogens with two attached hydrogens (primary N) is 1. The van der Waals surface area contributed by atoms with Crippen LogP contribution < -0.4 is 11.1 Å². The van der Waals surface area contributed by atoms with Crippen LogP contribution in [0.3, 0.4) is 0 Å². The molecule has 0 radical (unpaired) electrons. The zero-order chi connectivity index (χ0) is 13.5. The van der Waals surface area contributed by atoms with Crippen LogP contribution in [0.1, 0.15) is 31.1 Å². The number of nitrogens with zero attached hydrogens (tertiary/aromatic N) is 1. The van der Waals surface area contributed by atoms with Gasteiger partial charge in [-0.05, 0) is 25.0 Å². The number of carbonyl (C=O) groups is 1. The highest BCUT2D eigenvalue weighted by atomic mass is 16.5. The third kappa shape index (κ3) is 4.00. The normalized spacial score (nSPS) is 12.3. The number of esters is 1. The maximum atomic E-state index is 11.7. The first-order valence-corrected chi connectivity index (χ1v) is 6.17. The van der Waals surface area contributed by atoms with Gasteiger partial charge in [0.2, 0.25) is 0 Å². The van der Waals surface area contributed by atoms with Crippen molar-refractivity contribution in [2.24, 2.45) is 11.7 Å². The first kappa shape index (κ1) is 14.4. The molecule has 5 heteroatoms. The average molecular weight is 251 g/mol. The number of pyridine rings is 1. The molecule has 1 unspecified atom stereocenters. The van der Waals surface area contributed by atoms with E-state index < -0.39 is 0 Å². The predicted octanol–water partition coefficient (Wildman–Crippen LogP) is 1.65. The van der Waals surface area contributed by atoms with Crippen LogP contribution in [0.25, 0.3) is 0 Å². The molecule has 0 amide bonds. The third-order valence-electron chi connectivity index (χ3n) is 2.66. The van der Waals surface area contributed by atoms with E-state index >= 15 is 0 Å². The van der Waals surface area contributed by atoms with E-state index in [1.807, 2.05) is 0 Å². The molecule has 100 valence electrons. The minimum absolute atomic E-state index is 0.0158. The molecule has 3 N–H and O–H groups in total. The van der Waals surface area contributed by atoms with Crippen molar-refractivity contribution in [3.63, 3.8) is 0 Å². The van der Waals surface area contributed by atoms with Crippen molar-refractivity contribution in [1.29, 1.82) is 0 Å². The second-order valence-corrected chi connectivity index (χ2v) is 4.41. The van der Waals surface area contributed by atoms with Crippen molar-refractivity contribution >= 4 is 11.8 Å². The van der Waals surface area contributed by atoms with Gasteiger partial charge in [-0.25, -0.2) is 9.78 Å². The standard InChI is InChI=1S/C13H21N3O2/c1-4-18-13(17)10-6-5-7-15-12(10)16-8-11(14)9(2)3/h5-7,9,11H,4,8,14H2,1-3H3,(H,15,16). The Balaban J connectivity index is 2.73. The van der Waals surface area contributed by atoms with E-state index in [2.05, 4.69) is 24.1 Å². The van der Waals surface area contributed by atoms with E-state index in [-0.39, 0.29) is 12.0 Å². The number of hydrogen-bond donors (Lipinski definition) is 2. The fourth-order valence-corrected chi connectivity index (χ4v) is 1.37. The topological polar surface area (TPSA) is 77.2 Å². The molecule has 0 aromatic carbocycles. The SMILES string of the molecule is CCOC(=O)c1cccnc1NCC(N)C(C)C. The van der Waals surface area contributed by atoms with E-state index in [0.29, 0.717) is 30.5 Å². The van der Waals surface area contributed by atoms with E-state index in [1.54, 1.807) is 25.3 Å². The van der Waals surface area contributed by atoms with E-state index in [4.69, 9.17) is 10.5 Å². The van der Waals surface area contributed by atoms with Gasteiger partial charge in [-0.1, -0.05) is 13.8 Å². The van der Waals surface area contributed by atoms with E-state index in [0.717, 1.165) is 0 Å². The van der Waals surface area contributed by atoms with Crippen LogP contribution in [-0.2, 0) is 4.74 Å². The van der Waals surface area contributed by atoms with Crippen LogP contribution in [0, 0.1) is 5.92 Å². The highest BCUT2D eigenvalue weighted by Gasteiger charge is 2.14. The molecule has 0 spiro atoms. The van der Waals surface area contributed by atoms with Crippen LogP contribution in [0.4, 0.5) is 5.82 Å². The zero-order valence-electron chi connectivity index (χ0n) is 11.1. The fourth-order valence-electron chi connectivity index (χ4n) is 1.37. The van der Waals surface area contributed by atoms with Crippen molar-refractivity contribution in [2.75, 3.05) is 18.5 Å². The molecule has 0 bridgehead atoms. The first-order valence-electron chi connectivity index (χ1n) is 6.17. The molecule has 1 rings (SSSR count). The van der Waals surface area contributed by atoms with Gasteiger partial charge in [0, 0.05) is 18.8 Å². The Bertz CT molecular complexity index is 394. The number of carbonyl (C=O) groups excluding carboxylic acids is 1. The summed E-state index contributed by atoms with van der Waals surface area (Å²) in [4.78, 5) is 15.9. The Morgan fingerprint density at radius 2 is 2.28 bits per heavy atom. The number of anilines is 1. The van der Waals surface area contributed by atoms with Crippen molar-refractivity contribution in [3.8, 4) is 0 Å². The highest BCUT2D eigenvalue weighted by Crippen LogP contribution is 2.13. The smallest absolute Gasteiger partial charge is 0.341 e. The zero-order valence-corrected chi connectivity index (χ0v) is 11.1. The van der Waals surface area contributed by atoms with E-state index in [1.165, 1.54) is 0 Å². The lowest BCUT2D eigenvalue weighted by atomic mass is 10.1. The summed E-state index contributed by atoms with van der Waals surface area (Å²) in [6, 6.07) is 3.41. The number of ether oxygens (including phenoxy) is 1. The van der Waals surface area contributed by atoms with Gasteiger partial charge in [-0.2, -0.15) is 0 Å². The Labute approximate surface area is 108 Å². The lowest BCUT2D eigenvalue weighted by Gasteiger charge is -2.17. The first-order chi connectivity index (χ1) is 8.56. The summed E-state index contributed by atoms with van der Waals surface area (Å²) >= 11 is 0. The van der Waals surface area contributed by atoms with E-state index in [9.17, 15) is 4.79 Å². The molecule has 1 atom stereocenters.